The lowest BCUT2D eigenvalue weighted by Crippen LogP contribution is -1.97. The number of hydrogen-bond acceptors (Lipinski definition) is 3. The van der Waals surface area contributed by atoms with Crippen LogP contribution in [-0.2, 0) is 6.54 Å². The summed E-state index contributed by atoms with van der Waals surface area (Å²) in [6.45, 7) is 0.494. The summed E-state index contributed by atoms with van der Waals surface area (Å²) in [5.41, 5.74) is 6.54. The molecule has 0 aliphatic heterocycles. The predicted molar refractivity (Wildman–Crippen MR) is 65.9 cm³/mol. The van der Waals surface area contributed by atoms with Crippen LogP contribution in [0.2, 0.25) is 0 Å². The van der Waals surface area contributed by atoms with Crippen LogP contribution in [0.3, 0.4) is 0 Å². The summed E-state index contributed by atoms with van der Waals surface area (Å²) in [6, 6.07) is 13.3. The fourth-order valence-electron chi connectivity index (χ4n) is 1.24. The highest BCUT2D eigenvalue weighted by atomic mass is 35.5. The Kier molecular flexibility index (Phi) is 4.76. The molecule has 0 fully saturated rings. The maximum atomic E-state index is 5.55. The molecule has 0 unspecified atom stereocenters. The second-order valence-corrected chi connectivity index (χ2v) is 3.12. The summed E-state index contributed by atoms with van der Waals surface area (Å²) >= 11 is 0. The lowest BCUT2D eigenvalue weighted by molar-refractivity contribution is 0.462. The minimum Gasteiger partial charge on any atom is -0.439 e. The van der Waals surface area contributed by atoms with E-state index in [4.69, 9.17) is 10.5 Å². The van der Waals surface area contributed by atoms with Crippen LogP contribution in [-0.4, -0.2) is 4.98 Å². The molecule has 0 atom stereocenters. The standard InChI is InChI=1S/C12H12N2O.ClH/c13-9-10-6-7-14-12(8-10)15-11-4-2-1-3-5-11;/h1-8H,9,13H2;1H. The van der Waals surface area contributed by atoms with E-state index in [2.05, 4.69) is 4.98 Å². The van der Waals surface area contributed by atoms with Crippen molar-refractivity contribution in [3.63, 3.8) is 0 Å². The molecule has 84 valence electrons. The Balaban J connectivity index is 0.00000128. The van der Waals surface area contributed by atoms with Crippen molar-refractivity contribution in [3.05, 3.63) is 54.2 Å². The third-order valence-electron chi connectivity index (χ3n) is 2.00. The number of para-hydroxylation sites is 1. The maximum absolute atomic E-state index is 5.55. The van der Waals surface area contributed by atoms with Gasteiger partial charge in [0.2, 0.25) is 5.88 Å². The zero-order valence-electron chi connectivity index (χ0n) is 8.67. The van der Waals surface area contributed by atoms with Crippen LogP contribution in [0.15, 0.2) is 48.7 Å². The highest BCUT2D eigenvalue weighted by Crippen LogP contribution is 2.18. The average Bonchev–Trinajstić information content (AvgIpc) is 2.31. The Morgan fingerprint density at radius 2 is 1.88 bits per heavy atom. The monoisotopic (exact) mass is 236 g/mol. The quantitative estimate of drug-likeness (QED) is 0.892. The van der Waals surface area contributed by atoms with Crippen molar-refractivity contribution in [3.8, 4) is 11.6 Å². The topological polar surface area (TPSA) is 48.1 Å². The molecule has 0 saturated carbocycles. The third-order valence-corrected chi connectivity index (χ3v) is 2.00. The minimum absolute atomic E-state index is 0. The van der Waals surface area contributed by atoms with Gasteiger partial charge in [-0.1, -0.05) is 18.2 Å². The molecule has 0 spiro atoms. The normalized spacial score (nSPS) is 9.31. The zero-order chi connectivity index (χ0) is 10.5. The van der Waals surface area contributed by atoms with Crippen molar-refractivity contribution < 1.29 is 4.74 Å². The Morgan fingerprint density at radius 1 is 1.12 bits per heavy atom. The predicted octanol–water partition coefficient (Wildman–Crippen LogP) is 2.75. The molecule has 2 rings (SSSR count). The number of hydrogen-bond donors (Lipinski definition) is 1. The average molecular weight is 237 g/mol. The van der Waals surface area contributed by atoms with E-state index in [0.717, 1.165) is 11.3 Å². The molecular formula is C12H13ClN2O. The van der Waals surface area contributed by atoms with E-state index >= 15 is 0 Å². The molecule has 0 aliphatic carbocycles. The molecule has 0 aliphatic rings. The number of rotatable bonds is 3. The fraction of sp³-hybridized carbons (Fsp3) is 0.0833. The fourth-order valence-corrected chi connectivity index (χ4v) is 1.24. The SMILES string of the molecule is Cl.NCc1ccnc(Oc2ccccc2)c1. The molecule has 3 nitrogen and oxygen atoms in total. The summed E-state index contributed by atoms with van der Waals surface area (Å²) in [5.74, 6) is 1.35. The molecule has 0 saturated heterocycles. The van der Waals surface area contributed by atoms with E-state index in [1.54, 1.807) is 6.20 Å². The lowest BCUT2D eigenvalue weighted by atomic mass is 10.3. The number of halogens is 1. The molecule has 2 aromatic rings. The molecule has 1 aromatic heterocycles. The first-order chi connectivity index (χ1) is 7.38. The molecule has 1 aromatic carbocycles. The van der Waals surface area contributed by atoms with E-state index in [1.165, 1.54) is 0 Å². The molecule has 1 heterocycles. The van der Waals surface area contributed by atoms with Gasteiger partial charge in [-0.3, -0.25) is 0 Å². The van der Waals surface area contributed by atoms with Gasteiger partial charge in [0, 0.05) is 18.8 Å². The number of pyridine rings is 1. The first-order valence-corrected chi connectivity index (χ1v) is 4.76. The molecule has 2 N–H and O–H groups in total. The van der Waals surface area contributed by atoms with Crippen molar-refractivity contribution in [1.82, 2.24) is 4.98 Å². The van der Waals surface area contributed by atoms with E-state index in [9.17, 15) is 0 Å². The smallest absolute Gasteiger partial charge is 0.219 e. The largest absolute Gasteiger partial charge is 0.439 e. The Bertz CT molecular complexity index is 434. The van der Waals surface area contributed by atoms with Gasteiger partial charge in [-0.25, -0.2) is 4.98 Å². The van der Waals surface area contributed by atoms with Crippen molar-refractivity contribution in [1.29, 1.82) is 0 Å². The van der Waals surface area contributed by atoms with Gasteiger partial charge in [0.15, 0.2) is 0 Å². The highest BCUT2D eigenvalue weighted by molar-refractivity contribution is 5.85. The van der Waals surface area contributed by atoms with Crippen LogP contribution in [0.1, 0.15) is 5.56 Å². The van der Waals surface area contributed by atoms with Crippen LogP contribution < -0.4 is 10.5 Å². The summed E-state index contributed by atoms with van der Waals surface area (Å²) in [7, 11) is 0. The van der Waals surface area contributed by atoms with E-state index in [0.29, 0.717) is 12.4 Å². The first-order valence-electron chi connectivity index (χ1n) is 4.76. The third kappa shape index (κ3) is 3.22. The van der Waals surface area contributed by atoms with Crippen molar-refractivity contribution in [2.75, 3.05) is 0 Å². The number of nitrogens with two attached hydrogens (primary N) is 1. The van der Waals surface area contributed by atoms with Crippen molar-refractivity contribution in [2.24, 2.45) is 5.73 Å². The second-order valence-electron chi connectivity index (χ2n) is 3.12. The van der Waals surface area contributed by atoms with Crippen LogP contribution in [0.25, 0.3) is 0 Å². The molecule has 16 heavy (non-hydrogen) atoms. The van der Waals surface area contributed by atoms with Gasteiger partial charge in [0.1, 0.15) is 5.75 Å². The van der Waals surface area contributed by atoms with Crippen molar-refractivity contribution in [2.45, 2.75) is 6.54 Å². The molecule has 0 bridgehead atoms. The molecule has 4 heteroatoms. The number of ether oxygens (including phenoxy) is 1. The van der Waals surface area contributed by atoms with Gasteiger partial charge in [-0.2, -0.15) is 0 Å². The van der Waals surface area contributed by atoms with Crippen LogP contribution in [0.4, 0.5) is 0 Å². The molecule has 0 radical (unpaired) electrons. The van der Waals surface area contributed by atoms with Gasteiger partial charge >= 0.3 is 0 Å². The van der Waals surface area contributed by atoms with Gasteiger partial charge < -0.3 is 10.5 Å². The van der Waals surface area contributed by atoms with E-state index in [-0.39, 0.29) is 12.4 Å². The lowest BCUT2D eigenvalue weighted by Gasteiger charge is -2.04. The number of aromatic nitrogens is 1. The number of benzene rings is 1. The van der Waals surface area contributed by atoms with Gasteiger partial charge in [-0.05, 0) is 23.8 Å². The maximum Gasteiger partial charge on any atom is 0.219 e. The van der Waals surface area contributed by atoms with Crippen molar-refractivity contribution >= 4 is 12.4 Å². The van der Waals surface area contributed by atoms with E-state index in [1.807, 2.05) is 42.5 Å². The number of nitrogens with zero attached hydrogens (tertiary/aromatic N) is 1. The van der Waals surface area contributed by atoms with Crippen LogP contribution in [0, 0.1) is 0 Å². The molecular weight excluding hydrogens is 224 g/mol. The van der Waals surface area contributed by atoms with Gasteiger partial charge in [-0.15, -0.1) is 12.4 Å². The van der Waals surface area contributed by atoms with E-state index < -0.39 is 0 Å². The highest BCUT2D eigenvalue weighted by Gasteiger charge is 1.98. The summed E-state index contributed by atoms with van der Waals surface area (Å²) in [5, 5.41) is 0. The Morgan fingerprint density at radius 3 is 2.56 bits per heavy atom. The first kappa shape index (κ1) is 12.5. The van der Waals surface area contributed by atoms with Crippen LogP contribution >= 0.6 is 12.4 Å². The Labute approximate surface area is 101 Å². The van der Waals surface area contributed by atoms with Crippen LogP contribution in [0.5, 0.6) is 11.6 Å². The summed E-state index contributed by atoms with van der Waals surface area (Å²) in [6.07, 6.45) is 1.69. The van der Waals surface area contributed by atoms with Gasteiger partial charge in [0.05, 0.1) is 0 Å². The second kappa shape index (κ2) is 6.10. The summed E-state index contributed by atoms with van der Waals surface area (Å²) in [4.78, 5) is 4.10. The van der Waals surface area contributed by atoms with Gasteiger partial charge in [0.25, 0.3) is 0 Å². The minimum atomic E-state index is 0. The molecule has 0 amide bonds. The summed E-state index contributed by atoms with van der Waals surface area (Å²) < 4.78 is 5.55. The zero-order valence-corrected chi connectivity index (χ0v) is 9.48. The Hall–Kier alpha value is -1.58.